The van der Waals surface area contributed by atoms with Crippen molar-refractivity contribution in [3.05, 3.63) is 28.3 Å². The molecular formula is C14H18ClNO3. The van der Waals surface area contributed by atoms with E-state index in [1.165, 1.54) is 0 Å². The van der Waals surface area contributed by atoms with Crippen molar-refractivity contribution in [3.63, 3.8) is 0 Å². The Balaban J connectivity index is 2.19. The molecule has 0 saturated heterocycles. The number of ether oxygens (including phenoxy) is 1. The highest BCUT2D eigenvalue weighted by molar-refractivity contribution is 6.30. The zero-order valence-electron chi connectivity index (χ0n) is 10.7. The number of benzene rings is 1. The topological polar surface area (TPSA) is 72.5 Å². The molecule has 104 valence electrons. The molecule has 0 spiro atoms. The third kappa shape index (κ3) is 3.39. The lowest BCUT2D eigenvalue weighted by Crippen LogP contribution is -2.18. The van der Waals surface area contributed by atoms with Gasteiger partial charge in [-0.05, 0) is 49.1 Å². The van der Waals surface area contributed by atoms with Crippen LogP contribution in [0.1, 0.15) is 24.0 Å². The summed E-state index contributed by atoms with van der Waals surface area (Å²) >= 11 is 6.07. The molecule has 0 saturated carbocycles. The van der Waals surface area contributed by atoms with E-state index in [-0.39, 0.29) is 0 Å². The summed E-state index contributed by atoms with van der Waals surface area (Å²) in [5.74, 6) is -0.404. The number of carboxylic acid groups (broad SMARTS) is 1. The Kier molecular flexibility index (Phi) is 4.66. The number of carbonyl (C=O) groups is 1. The van der Waals surface area contributed by atoms with Crippen molar-refractivity contribution < 1.29 is 14.6 Å². The fourth-order valence-corrected chi connectivity index (χ4v) is 2.70. The molecule has 0 amide bonds. The number of halogens is 1. The monoisotopic (exact) mass is 283 g/mol. The van der Waals surface area contributed by atoms with Crippen molar-refractivity contribution in [2.45, 2.75) is 25.7 Å². The number of nitrogens with two attached hydrogens (primary N) is 1. The van der Waals surface area contributed by atoms with Crippen LogP contribution in [0.15, 0.2) is 12.1 Å². The minimum Gasteiger partial charge on any atom is -0.493 e. The summed E-state index contributed by atoms with van der Waals surface area (Å²) in [6, 6.07) is 3.70. The molecule has 1 aromatic carbocycles. The third-order valence-corrected chi connectivity index (χ3v) is 3.62. The summed E-state index contributed by atoms with van der Waals surface area (Å²) in [6.45, 7) is 1.15. The Morgan fingerprint density at radius 2 is 2.32 bits per heavy atom. The zero-order chi connectivity index (χ0) is 13.8. The molecule has 0 aromatic heterocycles. The number of hydrogen-bond donors (Lipinski definition) is 2. The van der Waals surface area contributed by atoms with Crippen molar-refractivity contribution in [2.24, 2.45) is 11.7 Å². The average Bonchev–Trinajstić information content (AvgIpc) is 2.81. The van der Waals surface area contributed by atoms with E-state index in [9.17, 15) is 9.90 Å². The number of fused-ring (bicyclic) bond motifs is 1. The van der Waals surface area contributed by atoms with E-state index in [0.717, 1.165) is 23.3 Å². The van der Waals surface area contributed by atoms with Gasteiger partial charge in [0.25, 0.3) is 0 Å². The maximum absolute atomic E-state index is 11.3. The summed E-state index contributed by atoms with van der Waals surface area (Å²) in [4.78, 5) is 11.3. The molecule has 1 aliphatic heterocycles. The normalized spacial score (nSPS) is 14.8. The van der Waals surface area contributed by atoms with Gasteiger partial charge in [-0.1, -0.05) is 11.6 Å². The van der Waals surface area contributed by atoms with Crippen LogP contribution in [0.3, 0.4) is 0 Å². The number of aliphatic carboxylic acids is 1. The van der Waals surface area contributed by atoms with Crippen LogP contribution < -0.4 is 10.5 Å². The van der Waals surface area contributed by atoms with Crippen molar-refractivity contribution in [2.75, 3.05) is 13.2 Å². The molecule has 5 heteroatoms. The number of rotatable bonds is 6. The molecule has 1 aromatic rings. The van der Waals surface area contributed by atoms with Crippen LogP contribution in [-0.4, -0.2) is 24.2 Å². The van der Waals surface area contributed by atoms with E-state index < -0.39 is 11.9 Å². The second-order valence-corrected chi connectivity index (χ2v) is 5.26. The highest BCUT2D eigenvalue weighted by atomic mass is 35.5. The van der Waals surface area contributed by atoms with Crippen LogP contribution in [0.5, 0.6) is 5.75 Å². The lowest BCUT2D eigenvalue weighted by molar-refractivity contribution is -0.141. The fraction of sp³-hybridized carbons (Fsp3) is 0.500. The van der Waals surface area contributed by atoms with E-state index in [1.54, 1.807) is 0 Å². The van der Waals surface area contributed by atoms with Crippen molar-refractivity contribution in [3.8, 4) is 5.75 Å². The standard InChI is InChI=1S/C14H18ClNO3/c15-12-7-9-3-5-19-13(9)11(8-12)6-10(14(17)18)2-1-4-16/h7-8,10H,1-6,16H2,(H,17,18). The molecule has 1 aliphatic rings. The third-order valence-electron chi connectivity index (χ3n) is 3.40. The molecule has 3 N–H and O–H groups in total. The minimum atomic E-state index is -0.792. The Labute approximate surface area is 117 Å². The molecule has 19 heavy (non-hydrogen) atoms. The predicted molar refractivity (Wildman–Crippen MR) is 73.8 cm³/mol. The van der Waals surface area contributed by atoms with Crippen LogP contribution in [0, 0.1) is 5.92 Å². The first kappa shape index (κ1) is 14.2. The van der Waals surface area contributed by atoms with Gasteiger partial charge in [-0.2, -0.15) is 0 Å². The lowest BCUT2D eigenvalue weighted by atomic mass is 9.93. The van der Waals surface area contributed by atoms with Gasteiger partial charge in [-0.3, -0.25) is 4.79 Å². The fourth-order valence-electron chi connectivity index (χ4n) is 2.44. The van der Waals surface area contributed by atoms with Crippen molar-refractivity contribution in [1.29, 1.82) is 0 Å². The van der Waals surface area contributed by atoms with Gasteiger partial charge in [-0.25, -0.2) is 0 Å². The first-order valence-electron chi connectivity index (χ1n) is 6.48. The smallest absolute Gasteiger partial charge is 0.306 e. The summed E-state index contributed by atoms with van der Waals surface area (Å²) in [5.41, 5.74) is 7.41. The maximum Gasteiger partial charge on any atom is 0.306 e. The van der Waals surface area contributed by atoms with Crippen molar-refractivity contribution in [1.82, 2.24) is 0 Å². The van der Waals surface area contributed by atoms with Crippen LogP contribution >= 0.6 is 11.6 Å². The van der Waals surface area contributed by atoms with Gasteiger partial charge >= 0.3 is 5.97 Å². The molecule has 2 rings (SSSR count). The van der Waals surface area contributed by atoms with E-state index >= 15 is 0 Å². The Morgan fingerprint density at radius 3 is 3.00 bits per heavy atom. The molecule has 0 bridgehead atoms. The maximum atomic E-state index is 11.3. The lowest BCUT2D eigenvalue weighted by Gasteiger charge is -2.14. The summed E-state index contributed by atoms with van der Waals surface area (Å²) < 4.78 is 5.59. The average molecular weight is 284 g/mol. The predicted octanol–water partition coefficient (Wildman–Crippen LogP) is 2.26. The number of carboxylic acids is 1. The van der Waals surface area contributed by atoms with Gasteiger partial charge < -0.3 is 15.6 Å². The molecule has 0 aliphatic carbocycles. The molecular weight excluding hydrogens is 266 g/mol. The minimum absolute atomic E-state index is 0.435. The van der Waals surface area contributed by atoms with E-state index in [4.69, 9.17) is 22.1 Å². The Hall–Kier alpha value is -1.26. The molecule has 0 radical (unpaired) electrons. The van der Waals surface area contributed by atoms with E-state index in [1.807, 2.05) is 12.1 Å². The van der Waals surface area contributed by atoms with E-state index in [2.05, 4.69) is 0 Å². The van der Waals surface area contributed by atoms with Gasteiger partial charge in [-0.15, -0.1) is 0 Å². The van der Waals surface area contributed by atoms with Crippen molar-refractivity contribution >= 4 is 17.6 Å². The second kappa shape index (κ2) is 6.26. The number of hydrogen-bond acceptors (Lipinski definition) is 3. The van der Waals surface area contributed by atoms with Crippen LogP contribution in [0.25, 0.3) is 0 Å². The summed E-state index contributed by atoms with van der Waals surface area (Å²) in [6.07, 6.45) is 2.56. The molecule has 1 heterocycles. The second-order valence-electron chi connectivity index (χ2n) is 4.82. The molecule has 0 fully saturated rings. The van der Waals surface area contributed by atoms with Crippen LogP contribution in [-0.2, 0) is 17.6 Å². The van der Waals surface area contributed by atoms with Crippen LogP contribution in [0.4, 0.5) is 0 Å². The molecule has 1 unspecified atom stereocenters. The quantitative estimate of drug-likeness (QED) is 0.840. The van der Waals surface area contributed by atoms with Gasteiger partial charge in [0.15, 0.2) is 0 Å². The Bertz CT molecular complexity index is 476. The molecule has 1 atom stereocenters. The van der Waals surface area contributed by atoms with Gasteiger partial charge in [0.05, 0.1) is 12.5 Å². The SMILES string of the molecule is NCCCC(Cc1cc(Cl)cc2c1OCC2)C(=O)O. The van der Waals surface area contributed by atoms with Gasteiger partial charge in [0, 0.05) is 11.4 Å². The summed E-state index contributed by atoms with van der Waals surface area (Å²) in [7, 11) is 0. The van der Waals surface area contributed by atoms with Gasteiger partial charge in [0.1, 0.15) is 5.75 Å². The highest BCUT2D eigenvalue weighted by Gasteiger charge is 2.23. The van der Waals surface area contributed by atoms with Gasteiger partial charge in [0.2, 0.25) is 0 Å². The Morgan fingerprint density at radius 1 is 1.53 bits per heavy atom. The first-order chi connectivity index (χ1) is 9.11. The first-order valence-corrected chi connectivity index (χ1v) is 6.86. The van der Waals surface area contributed by atoms with E-state index in [0.29, 0.717) is 37.4 Å². The summed E-state index contributed by atoms with van der Waals surface area (Å²) in [5, 5.41) is 9.91. The molecule has 4 nitrogen and oxygen atoms in total. The van der Waals surface area contributed by atoms with Crippen LogP contribution in [0.2, 0.25) is 5.02 Å². The highest BCUT2D eigenvalue weighted by Crippen LogP contribution is 2.34. The zero-order valence-corrected chi connectivity index (χ0v) is 11.4. The largest absolute Gasteiger partial charge is 0.493 e.